The molecule has 2 aromatic carbocycles. The number of hydrogen-bond acceptors (Lipinski definition) is 12. The van der Waals surface area contributed by atoms with Crippen molar-refractivity contribution in [3.63, 3.8) is 0 Å². The van der Waals surface area contributed by atoms with Crippen molar-refractivity contribution < 1.29 is 70.1 Å². The number of benzene rings is 2. The molecule has 6 amide bonds. The maximum absolute atomic E-state index is 14.5. The van der Waals surface area contributed by atoms with Gasteiger partial charge in [0.1, 0.15) is 29.9 Å². The summed E-state index contributed by atoms with van der Waals surface area (Å²) in [6.07, 6.45) is -0.978. The summed E-state index contributed by atoms with van der Waals surface area (Å²) in [5, 5.41) is 10.2. The van der Waals surface area contributed by atoms with Crippen molar-refractivity contribution in [2.24, 2.45) is 11.8 Å². The minimum Gasteiger partial charge on any atom is -0.477 e. The van der Waals surface area contributed by atoms with Crippen LogP contribution in [0.5, 0.6) is 5.75 Å². The molecular formula is C40H46F4N6O11. The van der Waals surface area contributed by atoms with Crippen LogP contribution in [0.2, 0.25) is 0 Å². The quantitative estimate of drug-likeness (QED) is 0.0773. The van der Waals surface area contributed by atoms with Gasteiger partial charge in [-0.3, -0.25) is 43.3 Å². The van der Waals surface area contributed by atoms with Crippen LogP contribution in [0.25, 0.3) is 10.9 Å². The predicted octanol–water partition coefficient (Wildman–Crippen LogP) is 2.24. The van der Waals surface area contributed by atoms with Gasteiger partial charge in [0.2, 0.25) is 35.3 Å². The lowest BCUT2D eigenvalue weighted by molar-refractivity contribution is -0.145. The second-order valence-electron chi connectivity index (χ2n) is 14.2. The summed E-state index contributed by atoms with van der Waals surface area (Å²) < 4.78 is 71.0. The first-order chi connectivity index (χ1) is 28.7. The molecule has 0 radical (unpaired) electrons. The number of methoxy groups -OCH3 is 2. The maximum atomic E-state index is 14.5. The van der Waals surface area contributed by atoms with Crippen molar-refractivity contribution in [1.29, 1.82) is 0 Å². The number of hydrogen-bond donors (Lipinski definition) is 4. The standard InChI is InChI=1S/C40H46F4N6O11/c1-19(2)33(38(56)46-21(5)36(54)45-15-14-29(52)59-6)49-37(55)27(17-30(53)60-7)48-39(57)34(20(3)4)50(40(58)26-13-12-22-10-8-9-11-25(22)47-26)28(51)18-61-35-31(43)23(41)16-24(42)32(35)44/h8-13,16,19-21,27,33-34H,14-15,17-18H2,1-7H3,(H,45,54)(H,46,56)(H,48,57)(H,49,55)/t21-,27-,33-,34-/m0/s1. The van der Waals surface area contributed by atoms with E-state index in [-0.39, 0.29) is 24.5 Å². The number of esters is 2. The first-order valence-electron chi connectivity index (χ1n) is 18.7. The Hall–Kier alpha value is -6.67. The van der Waals surface area contributed by atoms with E-state index in [4.69, 9.17) is 9.47 Å². The van der Waals surface area contributed by atoms with Gasteiger partial charge in [-0.2, -0.15) is 8.78 Å². The van der Waals surface area contributed by atoms with Crippen LogP contribution in [0.15, 0.2) is 42.5 Å². The number of halogens is 4. The number of imide groups is 1. The Balaban J connectivity index is 1.97. The SMILES string of the molecule is COC(=O)CCNC(=O)[C@H](C)NC(=O)[C@@H](NC(=O)[C@H](CC(=O)OC)NC(=O)[C@H](C(C)C)N(C(=O)COc1c(F)c(F)cc(F)c1F)C(=O)c1ccc2ccccc2n1)C(C)C. The van der Waals surface area contributed by atoms with Crippen LogP contribution >= 0.6 is 0 Å². The average molecular weight is 863 g/mol. The molecule has 0 spiro atoms. The number of fused-ring (bicyclic) bond motifs is 1. The van der Waals surface area contributed by atoms with Gasteiger partial charge in [0.05, 0.1) is 32.6 Å². The predicted molar refractivity (Wildman–Crippen MR) is 206 cm³/mol. The fourth-order valence-electron chi connectivity index (χ4n) is 5.72. The van der Waals surface area contributed by atoms with E-state index in [2.05, 4.69) is 31.0 Å². The number of nitrogens with zero attached hydrogens (tertiary/aromatic N) is 2. The number of ether oxygens (including phenoxy) is 3. The van der Waals surface area contributed by atoms with Crippen LogP contribution in [-0.4, -0.2) is 109 Å². The molecule has 0 aliphatic carbocycles. The van der Waals surface area contributed by atoms with Crippen LogP contribution in [0, 0.1) is 35.1 Å². The van der Waals surface area contributed by atoms with Crippen LogP contribution in [0.3, 0.4) is 0 Å². The second-order valence-corrected chi connectivity index (χ2v) is 14.2. The highest BCUT2D eigenvalue weighted by Gasteiger charge is 2.41. The maximum Gasteiger partial charge on any atom is 0.308 e. The minimum atomic E-state index is -1.99. The summed E-state index contributed by atoms with van der Waals surface area (Å²) in [7, 11) is 2.16. The van der Waals surface area contributed by atoms with Crippen LogP contribution in [0.1, 0.15) is 57.9 Å². The summed E-state index contributed by atoms with van der Waals surface area (Å²) in [5.74, 6) is -19.2. The van der Waals surface area contributed by atoms with E-state index in [1.165, 1.54) is 40.0 Å². The van der Waals surface area contributed by atoms with E-state index >= 15 is 0 Å². The summed E-state index contributed by atoms with van der Waals surface area (Å²) in [6.45, 7) is 5.65. The molecule has 21 heteroatoms. The number of carbonyl (C=O) groups excluding carboxylic acids is 8. The molecule has 4 atom stereocenters. The van der Waals surface area contributed by atoms with Crippen molar-refractivity contribution in [2.45, 2.75) is 71.6 Å². The molecule has 3 aromatic rings. The van der Waals surface area contributed by atoms with Crippen molar-refractivity contribution in [2.75, 3.05) is 27.4 Å². The van der Waals surface area contributed by atoms with Crippen molar-refractivity contribution >= 4 is 58.3 Å². The molecule has 17 nitrogen and oxygen atoms in total. The van der Waals surface area contributed by atoms with Crippen LogP contribution in [0.4, 0.5) is 17.6 Å². The molecule has 1 aromatic heterocycles. The van der Waals surface area contributed by atoms with E-state index in [0.717, 1.165) is 7.11 Å². The number of amides is 6. The Morgan fingerprint density at radius 3 is 1.93 bits per heavy atom. The lowest BCUT2D eigenvalue weighted by atomic mass is 9.99. The lowest BCUT2D eigenvalue weighted by Gasteiger charge is -2.33. The van der Waals surface area contributed by atoms with Crippen molar-refractivity contribution in [3.8, 4) is 5.75 Å². The first-order valence-corrected chi connectivity index (χ1v) is 18.7. The van der Waals surface area contributed by atoms with Gasteiger partial charge in [-0.25, -0.2) is 13.8 Å². The normalized spacial score (nSPS) is 13.0. The van der Waals surface area contributed by atoms with Crippen LogP contribution in [-0.2, 0) is 43.0 Å². The summed E-state index contributed by atoms with van der Waals surface area (Å²) in [6, 6.07) is 2.87. The Bertz CT molecular complexity index is 2130. The molecule has 3 rings (SSSR count). The van der Waals surface area contributed by atoms with E-state index < -0.39 is 131 Å². The molecule has 0 aliphatic rings. The van der Waals surface area contributed by atoms with Crippen molar-refractivity contribution in [1.82, 2.24) is 31.2 Å². The van der Waals surface area contributed by atoms with Gasteiger partial charge in [-0.05, 0) is 30.9 Å². The van der Waals surface area contributed by atoms with Crippen molar-refractivity contribution in [3.05, 3.63) is 71.4 Å². The Labute approximate surface area is 347 Å². The van der Waals surface area contributed by atoms with Gasteiger partial charge in [-0.1, -0.05) is 52.0 Å². The Kier molecular flexibility index (Phi) is 17.6. The third kappa shape index (κ3) is 12.9. The van der Waals surface area contributed by atoms with Gasteiger partial charge >= 0.3 is 11.9 Å². The molecular weight excluding hydrogens is 816 g/mol. The zero-order valence-corrected chi connectivity index (χ0v) is 34.2. The number of para-hydroxylation sites is 1. The number of carbonyl (C=O) groups is 8. The highest BCUT2D eigenvalue weighted by atomic mass is 19.2. The van der Waals surface area contributed by atoms with E-state index in [1.807, 2.05) is 0 Å². The van der Waals surface area contributed by atoms with E-state index in [1.54, 1.807) is 38.1 Å². The fourth-order valence-corrected chi connectivity index (χ4v) is 5.72. The molecule has 4 N–H and O–H groups in total. The second kappa shape index (κ2) is 22.1. The molecule has 0 saturated carbocycles. The molecule has 0 fully saturated rings. The van der Waals surface area contributed by atoms with Gasteiger partial charge < -0.3 is 35.5 Å². The number of pyridine rings is 1. The Morgan fingerprint density at radius 2 is 1.34 bits per heavy atom. The zero-order chi connectivity index (χ0) is 45.7. The number of aromatic nitrogens is 1. The third-order valence-corrected chi connectivity index (χ3v) is 8.98. The molecule has 1 heterocycles. The van der Waals surface area contributed by atoms with E-state index in [9.17, 15) is 55.9 Å². The monoisotopic (exact) mass is 862 g/mol. The summed E-state index contributed by atoms with van der Waals surface area (Å²) >= 11 is 0. The lowest BCUT2D eigenvalue weighted by Crippen LogP contribution is -2.61. The molecule has 61 heavy (non-hydrogen) atoms. The topological polar surface area (TPSA) is 228 Å². The highest BCUT2D eigenvalue weighted by molar-refractivity contribution is 6.08. The largest absolute Gasteiger partial charge is 0.477 e. The number of rotatable bonds is 19. The molecule has 0 unspecified atom stereocenters. The Morgan fingerprint density at radius 1 is 0.721 bits per heavy atom. The van der Waals surface area contributed by atoms with Gasteiger partial charge in [0, 0.05) is 18.0 Å². The van der Waals surface area contributed by atoms with Gasteiger partial charge in [0.25, 0.3) is 11.8 Å². The first kappa shape index (κ1) is 48.7. The molecule has 0 saturated heterocycles. The van der Waals surface area contributed by atoms with Crippen LogP contribution < -0.4 is 26.0 Å². The van der Waals surface area contributed by atoms with Gasteiger partial charge in [-0.15, -0.1) is 0 Å². The zero-order valence-electron chi connectivity index (χ0n) is 34.2. The average Bonchev–Trinajstić information content (AvgIpc) is 3.22. The van der Waals surface area contributed by atoms with E-state index in [0.29, 0.717) is 10.3 Å². The smallest absolute Gasteiger partial charge is 0.308 e. The minimum absolute atomic E-state index is 0.0901. The number of nitrogens with one attached hydrogen (secondary N) is 4. The molecule has 0 aliphatic heterocycles. The summed E-state index contributed by atoms with van der Waals surface area (Å²) in [5.41, 5.74) is -0.116. The fraction of sp³-hybridized carbons (Fsp3) is 0.425. The summed E-state index contributed by atoms with van der Waals surface area (Å²) in [4.78, 5) is 111. The highest BCUT2D eigenvalue weighted by Crippen LogP contribution is 2.27. The molecule has 330 valence electrons. The molecule has 0 bridgehead atoms. The van der Waals surface area contributed by atoms with Gasteiger partial charge in [0.15, 0.2) is 24.0 Å². The third-order valence-electron chi connectivity index (χ3n) is 8.98.